The molecule has 2 aliphatic rings. The highest BCUT2D eigenvalue weighted by Crippen LogP contribution is 2.43. The van der Waals surface area contributed by atoms with Crippen LogP contribution in [0.2, 0.25) is 0 Å². The molecule has 1 heterocycles. The standard InChI is InChI=1S/C29H32N6O2/c30-16-24-18-32-28(33-25-12-5-2-6-13-25)35-27(24)31-17-21-14-22-10-7-11-23(15-21)26(22)34-29(36)37-19-20-8-3-1-4-9-20/h1-6,8-9,12-13,18,21-23,26H,7,10-11,14-15,17,19H2,(H,34,36)(H2,31,32,33,35)/t21?,22-,23+,26?. The minimum atomic E-state index is -0.333. The first-order chi connectivity index (χ1) is 18.2. The second-order valence-corrected chi connectivity index (χ2v) is 9.96. The fraction of sp³-hybridized carbons (Fsp3) is 0.379. The van der Waals surface area contributed by atoms with Crippen LogP contribution in [-0.4, -0.2) is 28.6 Å². The monoisotopic (exact) mass is 496 g/mol. The summed E-state index contributed by atoms with van der Waals surface area (Å²) < 4.78 is 5.49. The number of amides is 1. The second kappa shape index (κ2) is 11.7. The van der Waals surface area contributed by atoms with E-state index in [9.17, 15) is 10.1 Å². The summed E-state index contributed by atoms with van der Waals surface area (Å²) >= 11 is 0. The van der Waals surface area contributed by atoms with Crippen molar-refractivity contribution in [2.75, 3.05) is 17.2 Å². The highest BCUT2D eigenvalue weighted by atomic mass is 16.5. The number of anilines is 3. The van der Waals surface area contributed by atoms with Gasteiger partial charge in [-0.25, -0.2) is 9.78 Å². The second-order valence-electron chi connectivity index (χ2n) is 9.96. The number of carbonyl (C=O) groups excluding carboxylic acids is 1. The van der Waals surface area contributed by atoms with Gasteiger partial charge in [0.05, 0.1) is 6.20 Å². The fourth-order valence-corrected chi connectivity index (χ4v) is 5.72. The van der Waals surface area contributed by atoms with E-state index < -0.39 is 0 Å². The van der Waals surface area contributed by atoms with Crippen molar-refractivity contribution in [2.45, 2.75) is 44.8 Å². The van der Waals surface area contributed by atoms with Crippen molar-refractivity contribution in [3.8, 4) is 6.07 Å². The predicted octanol–water partition coefficient (Wildman–Crippen LogP) is 5.63. The van der Waals surface area contributed by atoms with Crippen molar-refractivity contribution in [2.24, 2.45) is 17.8 Å². The van der Waals surface area contributed by atoms with Gasteiger partial charge in [0.25, 0.3) is 0 Å². The van der Waals surface area contributed by atoms with E-state index in [1.54, 1.807) is 6.20 Å². The number of aromatic nitrogens is 2. The van der Waals surface area contributed by atoms with Gasteiger partial charge in [0.15, 0.2) is 0 Å². The smallest absolute Gasteiger partial charge is 0.407 e. The van der Waals surface area contributed by atoms with Gasteiger partial charge >= 0.3 is 6.09 Å². The van der Waals surface area contributed by atoms with E-state index in [1.807, 2.05) is 60.7 Å². The first-order valence-electron chi connectivity index (χ1n) is 13.0. The summed E-state index contributed by atoms with van der Waals surface area (Å²) in [4.78, 5) is 21.4. The van der Waals surface area contributed by atoms with E-state index in [1.165, 1.54) is 6.42 Å². The molecule has 3 N–H and O–H groups in total. The Morgan fingerprint density at radius 1 is 1.03 bits per heavy atom. The fourth-order valence-electron chi connectivity index (χ4n) is 5.72. The van der Waals surface area contributed by atoms with Crippen LogP contribution in [0.5, 0.6) is 0 Å². The lowest BCUT2D eigenvalue weighted by Gasteiger charge is -2.46. The molecule has 2 fully saturated rings. The van der Waals surface area contributed by atoms with Crippen molar-refractivity contribution in [1.82, 2.24) is 15.3 Å². The number of nitrogens with zero attached hydrogens (tertiary/aromatic N) is 3. The lowest BCUT2D eigenvalue weighted by molar-refractivity contribution is 0.0732. The molecule has 2 aromatic carbocycles. The number of para-hydroxylation sites is 1. The third-order valence-electron chi connectivity index (χ3n) is 7.43. The lowest BCUT2D eigenvalue weighted by Crippen LogP contribution is -2.52. The minimum Gasteiger partial charge on any atom is -0.445 e. The van der Waals surface area contributed by atoms with Crippen LogP contribution in [0.15, 0.2) is 66.9 Å². The van der Waals surface area contributed by atoms with E-state index in [0.29, 0.717) is 35.1 Å². The van der Waals surface area contributed by atoms with Crippen LogP contribution in [-0.2, 0) is 11.3 Å². The molecule has 190 valence electrons. The van der Waals surface area contributed by atoms with Crippen molar-refractivity contribution in [3.05, 3.63) is 78.0 Å². The Morgan fingerprint density at radius 3 is 2.43 bits per heavy atom. The number of ether oxygens (including phenoxy) is 1. The zero-order valence-electron chi connectivity index (χ0n) is 20.8. The third kappa shape index (κ3) is 6.36. The Morgan fingerprint density at radius 2 is 1.73 bits per heavy atom. The van der Waals surface area contributed by atoms with Gasteiger partial charge in [-0.3, -0.25) is 0 Å². The Bertz CT molecular complexity index is 1220. The molecule has 37 heavy (non-hydrogen) atoms. The van der Waals surface area contributed by atoms with E-state index in [-0.39, 0.29) is 18.7 Å². The van der Waals surface area contributed by atoms with Crippen molar-refractivity contribution >= 4 is 23.5 Å². The molecule has 2 saturated carbocycles. The summed E-state index contributed by atoms with van der Waals surface area (Å²) in [7, 11) is 0. The molecule has 1 amide bonds. The molecule has 2 bridgehead atoms. The topological polar surface area (TPSA) is 112 Å². The zero-order valence-corrected chi connectivity index (χ0v) is 20.8. The number of fused-ring (bicyclic) bond motifs is 2. The Kier molecular flexibility index (Phi) is 7.80. The van der Waals surface area contributed by atoms with Gasteiger partial charge in [-0.2, -0.15) is 10.2 Å². The van der Waals surface area contributed by atoms with Gasteiger partial charge in [0, 0.05) is 18.3 Å². The van der Waals surface area contributed by atoms with E-state index in [2.05, 4.69) is 32.0 Å². The van der Waals surface area contributed by atoms with Crippen LogP contribution in [0.4, 0.5) is 22.2 Å². The number of hydrogen-bond donors (Lipinski definition) is 3. The van der Waals surface area contributed by atoms with E-state index in [4.69, 9.17) is 4.74 Å². The number of nitrogens with one attached hydrogen (secondary N) is 3. The maximum absolute atomic E-state index is 12.5. The van der Waals surface area contributed by atoms with E-state index >= 15 is 0 Å². The zero-order chi connectivity index (χ0) is 25.5. The van der Waals surface area contributed by atoms with Gasteiger partial charge in [0.1, 0.15) is 24.1 Å². The van der Waals surface area contributed by atoms with Crippen LogP contribution in [0.1, 0.15) is 43.2 Å². The maximum Gasteiger partial charge on any atom is 0.407 e. The summed E-state index contributed by atoms with van der Waals surface area (Å²) in [5.41, 5.74) is 2.30. The highest BCUT2D eigenvalue weighted by Gasteiger charge is 2.41. The number of alkyl carbamates (subject to hydrolysis) is 1. The van der Waals surface area contributed by atoms with Crippen LogP contribution in [0, 0.1) is 29.1 Å². The van der Waals surface area contributed by atoms with Crippen molar-refractivity contribution in [3.63, 3.8) is 0 Å². The molecule has 3 aromatic rings. The molecule has 5 rings (SSSR count). The molecule has 0 saturated heterocycles. The summed E-state index contributed by atoms with van der Waals surface area (Å²) in [6.45, 7) is 1.01. The maximum atomic E-state index is 12.5. The summed E-state index contributed by atoms with van der Waals surface area (Å²) in [6.07, 6.45) is 6.69. The van der Waals surface area contributed by atoms with Gasteiger partial charge in [-0.05, 0) is 61.1 Å². The number of benzene rings is 2. The Balaban J connectivity index is 1.16. The Hall–Kier alpha value is -4.12. The summed E-state index contributed by atoms with van der Waals surface area (Å²) in [5, 5.41) is 19.3. The first kappa shape index (κ1) is 24.6. The molecule has 2 unspecified atom stereocenters. The van der Waals surface area contributed by atoms with E-state index in [0.717, 1.165) is 43.5 Å². The molecule has 0 spiro atoms. The van der Waals surface area contributed by atoms with Gasteiger partial charge in [-0.15, -0.1) is 0 Å². The molecular weight excluding hydrogens is 464 g/mol. The number of hydrogen-bond acceptors (Lipinski definition) is 7. The lowest BCUT2D eigenvalue weighted by atomic mass is 9.64. The number of carbonyl (C=O) groups is 1. The molecular formula is C29H32N6O2. The molecule has 0 aliphatic heterocycles. The van der Waals surface area contributed by atoms with Gasteiger partial charge < -0.3 is 20.7 Å². The summed E-state index contributed by atoms with van der Waals surface area (Å²) in [6, 6.07) is 21.8. The minimum absolute atomic E-state index is 0.156. The normalized spacial score (nSPS) is 22.4. The molecule has 8 heteroatoms. The first-order valence-corrected chi connectivity index (χ1v) is 13.0. The number of rotatable bonds is 8. The quantitative estimate of drug-likeness (QED) is 0.371. The van der Waals surface area contributed by atoms with Crippen LogP contribution < -0.4 is 16.0 Å². The largest absolute Gasteiger partial charge is 0.445 e. The molecule has 8 nitrogen and oxygen atoms in total. The average molecular weight is 497 g/mol. The summed E-state index contributed by atoms with van der Waals surface area (Å²) in [5.74, 6) is 2.30. The average Bonchev–Trinajstić information content (AvgIpc) is 2.92. The Labute approximate surface area is 217 Å². The molecule has 0 radical (unpaired) electrons. The van der Waals surface area contributed by atoms with Gasteiger partial charge in [-0.1, -0.05) is 55.0 Å². The predicted molar refractivity (Wildman–Crippen MR) is 142 cm³/mol. The van der Waals surface area contributed by atoms with Crippen LogP contribution >= 0.6 is 0 Å². The van der Waals surface area contributed by atoms with Crippen molar-refractivity contribution < 1.29 is 9.53 Å². The molecule has 4 atom stereocenters. The number of nitriles is 1. The molecule has 1 aromatic heterocycles. The van der Waals surface area contributed by atoms with Crippen molar-refractivity contribution in [1.29, 1.82) is 5.26 Å². The third-order valence-corrected chi connectivity index (χ3v) is 7.43. The van der Waals surface area contributed by atoms with Crippen LogP contribution in [0.25, 0.3) is 0 Å². The SMILES string of the molecule is N#Cc1cnc(Nc2ccccc2)nc1NCC1C[C@H]2CCC[C@@H](C1)C2NC(=O)OCc1ccccc1. The highest BCUT2D eigenvalue weighted by molar-refractivity contribution is 5.67. The van der Waals surface area contributed by atoms with Crippen LogP contribution in [0.3, 0.4) is 0 Å². The van der Waals surface area contributed by atoms with Gasteiger partial charge in [0.2, 0.25) is 5.95 Å². The molecule has 2 aliphatic carbocycles.